The van der Waals surface area contributed by atoms with Gasteiger partial charge in [0, 0.05) is 6.54 Å². The first kappa shape index (κ1) is 11.7. The van der Waals surface area contributed by atoms with Crippen LogP contribution in [0.15, 0.2) is 30.3 Å². The first-order valence-corrected chi connectivity index (χ1v) is 6.83. The van der Waals surface area contributed by atoms with Crippen LogP contribution in [0.3, 0.4) is 0 Å². The highest BCUT2D eigenvalue weighted by Crippen LogP contribution is 2.37. The lowest BCUT2D eigenvalue weighted by atomic mass is 10.0. The molecule has 3 rings (SSSR count). The maximum atomic E-state index is 12.3. The molecular weight excluding hydrogens is 224 g/mol. The Morgan fingerprint density at radius 3 is 2.72 bits per heavy atom. The van der Waals surface area contributed by atoms with Crippen LogP contribution < -0.4 is 5.32 Å². The minimum Gasteiger partial charge on any atom is -0.328 e. The van der Waals surface area contributed by atoms with Gasteiger partial charge in [-0.1, -0.05) is 37.3 Å². The molecule has 0 aromatic heterocycles. The molecule has 1 aliphatic carbocycles. The molecule has 1 amide bonds. The molecule has 0 bridgehead atoms. The van der Waals surface area contributed by atoms with Gasteiger partial charge in [-0.15, -0.1) is 0 Å². The fraction of sp³-hybridized carbons (Fsp3) is 0.533. The Morgan fingerprint density at radius 2 is 2.06 bits per heavy atom. The van der Waals surface area contributed by atoms with E-state index in [1.54, 1.807) is 0 Å². The van der Waals surface area contributed by atoms with Gasteiger partial charge >= 0.3 is 0 Å². The Labute approximate surface area is 108 Å². The Hall–Kier alpha value is -1.35. The highest BCUT2D eigenvalue weighted by Gasteiger charge is 2.35. The number of amides is 1. The van der Waals surface area contributed by atoms with Gasteiger partial charge in [-0.3, -0.25) is 10.1 Å². The standard InChI is InChI=1S/C15H20N2O/c1-11(12-7-8-12)9-17-10-16-14(15(17)18)13-5-3-2-4-6-13/h2-6,11-12,14,16H,7-10H2,1H3. The van der Waals surface area contributed by atoms with Crippen molar-refractivity contribution < 1.29 is 4.79 Å². The Bertz CT molecular complexity index is 427. The molecule has 2 aliphatic rings. The molecule has 3 heteroatoms. The number of rotatable bonds is 4. The fourth-order valence-corrected chi connectivity index (χ4v) is 2.77. The van der Waals surface area contributed by atoms with Gasteiger partial charge in [0.05, 0.1) is 6.67 Å². The average Bonchev–Trinajstić information content (AvgIpc) is 3.18. The lowest BCUT2D eigenvalue weighted by Gasteiger charge is -2.20. The van der Waals surface area contributed by atoms with Gasteiger partial charge in [-0.25, -0.2) is 0 Å². The summed E-state index contributed by atoms with van der Waals surface area (Å²) in [4.78, 5) is 14.3. The van der Waals surface area contributed by atoms with E-state index in [1.165, 1.54) is 12.8 Å². The maximum absolute atomic E-state index is 12.3. The van der Waals surface area contributed by atoms with E-state index in [1.807, 2.05) is 35.2 Å². The van der Waals surface area contributed by atoms with Gasteiger partial charge in [0.25, 0.3) is 0 Å². The first-order chi connectivity index (χ1) is 8.75. The van der Waals surface area contributed by atoms with Crippen molar-refractivity contribution in [1.82, 2.24) is 10.2 Å². The first-order valence-electron chi connectivity index (χ1n) is 6.83. The summed E-state index contributed by atoms with van der Waals surface area (Å²) in [6, 6.07) is 9.85. The summed E-state index contributed by atoms with van der Waals surface area (Å²) in [5.74, 6) is 1.73. The van der Waals surface area contributed by atoms with E-state index in [-0.39, 0.29) is 11.9 Å². The Kier molecular flexibility index (Phi) is 3.08. The number of hydrogen-bond acceptors (Lipinski definition) is 2. The molecule has 1 aromatic rings. The van der Waals surface area contributed by atoms with Crippen LogP contribution in [0.5, 0.6) is 0 Å². The maximum Gasteiger partial charge on any atom is 0.245 e. The molecule has 96 valence electrons. The summed E-state index contributed by atoms with van der Waals surface area (Å²) in [7, 11) is 0. The van der Waals surface area contributed by atoms with E-state index < -0.39 is 0 Å². The third-order valence-corrected chi connectivity index (χ3v) is 4.11. The number of benzene rings is 1. The molecule has 1 saturated heterocycles. The van der Waals surface area contributed by atoms with Crippen molar-refractivity contribution in [1.29, 1.82) is 0 Å². The summed E-state index contributed by atoms with van der Waals surface area (Å²) in [6.45, 7) is 3.86. The number of nitrogens with zero attached hydrogens (tertiary/aromatic N) is 1. The zero-order valence-corrected chi connectivity index (χ0v) is 10.8. The fourth-order valence-electron chi connectivity index (χ4n) is 2.77. The Morgan fingerprint density at radius 1 is 1.33 bits per heavy atom. The van der Waals surface area contributed by atoms with Crippen LogP contribution in [-0.4, -0.2) is 24.0 Å². The lowest BCUT2D eigenvalue weighted by molar-refractivity contribution is -0.129. The normalized spacial score (nSPS) is 25.5. The summed E-state index contributed by atoms with van der Waals surface area (Å²) in [5.41, 5.74) is 1.07. The second kappa shape index (κ2) is 4.73. The minimum absolute atomic E-state index is 0.141. The zero-order valence-electron chi connectivity index (χ0n) is 10.8. The molecule has 1 aromatic carbocycles. The average molecular weight is 244 g/mol. The minimum atomic E-state index is -0.141. The second-order valence-corrected chi connectivity index (χ2v) is 5.58. The van der Waals surface area contributed by atoms with E-state index in [2.05, 4.69) is 12.2 Å². The van der Waals surface area contributed by atoms with Crippen molar-refractivity contribution in [3.63, 3.8) is 0 Å². The van der Waals surface area contributed by atoms with Crippen LogP contribution in [0, 0.1) is 11.8 Å². The van der Waals surface area contributed by atoms with Crippen LogP contribution in [0.25, 0.3) is 0 Å². The molecule has 2 fully saturated rings. The SMILES string of the molecule is CC(CN1CNC(c2ccccc2)C1=O)C1CC1. The number of hydrogen-bond donors (Lipinski definition) is 1. The van der Waals surface area contributed by atoms with Gasteiger partial charge in [0.15, 0.2) is 0 Å². The van der Waals surface area contributed by atoms with E-state index in [0.29, 0.717) is 12.6 Å². The topological polar surface area (TPSA) is 32.3 Å². The predicted molar refractivity (Wildman–Crippen MR) is 70.8 cm³/mol. The van der Waals surface area contributed by atoms with E-state index >= 15 is 0 Å². The highest BCUT2D eigenvalue weighted by molar-refractivity contribution is 5.85. The smallest absolute Gasteiger partial charge is 0.245 e. The van der Waals surface area contributed by atoms with Crippen molar-refractivity contribution in [3.8, 4) is 0 Å². The predicted octanol–water partition coefficient (Wildman–Crippen LogP) is 2.16. The molecule has 18 heavy (non-hydrogen) atoms. The van der Waals surface area contributed by atoms with Crippen molar-refractivity contribution in [2.75, 3.05) is 13.2 Å². The molecule has 1 N–H and O–H groups in total. The lowest BCUT2D eigenvalue weighted by Crippen LogP contribution is -2.32. The van der Waals surface area contributed by atoms with Crippen molar-refractivity contribution >= 4 is 5.91 Å². The van der Waals surface area contributed by atoms with Gasteiger partial charge in [-0.05, 0) is 30.2 Å². The summed E-state index contributed by atoms with van der Waals surface area (Å²) >= 11 is 0. The third kappa shape index (κ3) is 2.27. The van der Waals surface area contributed by atoms with E-state index in [4.69, 9.17) is 0 Å². The van der Waals surface area contributed by atoms with Crippen LogP contribution in [-0.2, 0) is 4.79 Å². The number of carbonyl (C=O) groups is 1. The zero-order chi connectivity index (χ0) is 12.5. The molecule has 0 spiro atoms. The van der Waals surface area contributed by atoms with Crippen molar-refractivity contribution in [2.45, 2.75) is 25.8 Å². The molecule has 3 nitrogen and oxygen atoms in total. The molecule has 1 aliphatic heterocycles. The largest absolute Gasteiger partial charge is 0.328 e. The number of nitrogens with one attached hydrogen (secondary N) is 1. The van der Waals surface area contributed by atoms with E-state index in [0.717, 1.165) is 18.0 Å². The van der Waals surface area contributed by atoms with E-state index in [9.17, 15) is 4.79 Å². The van der Waals surface area contributed by atoms with Gasteiger partial charge < -0.3 is 4.90 Å². The van der Waals surface area contributed by atoms with Gasteiger partial charge in [-0.2, -0.15) is 0 Å². The quantitative estimate of drug-likeness (QED) is 0.880. The van der Waals surface area contributed by atoms with Crippen LogP contribution in [0.1, 0.15) is 31.4 Å². The van der Waals surface area contributed by atoms with Crippen LogP contribution in [0.4, 0.5) is 0 Å². The van der Waals surface area contributed by atoms with Crippen LogP contribution in [0.2, 0.25) is 0 Å². The second-order valence-electron chi connectivity index (χ2n) is 5.58. The number of carbonyl (C=O) groups excluding carboxylic acids is 1. The molecular formula is C15H20N2O. The summed E-state index contributed by atoms with van der Waals surface area (Å²) in [5, 5.41) is 3.31. The van der Waals surface area contributed by atoms with Crippen LogP contribution >= 0.6 is 0 Å². The van der Waals surface area contributed by atoms with Crippen molar-refractivity contribution in [2.24, 2.45) is 11.8 Å². The molecule has 2 unspecified atom stereocenters. The van der Waals surface area contributed by atoms with Gasteiger partial charge in [0.1, 0.15) is 6.04 Å². The summed E-state index contributed by atoms with van der Waals surface area (Å²) < 4.78 is 0. The van der Waals surface area contributed by atoms with Crippen molar-refractivity contribution in [3.05, 3.63) is 35.9 Å². The Balaban J connectivity index is 1.65. The molecule has 1 heterocycles. The van der Waals surface area contributed by atoms with Gasteiger partial charge in [0.2, 0.25) is 5.91 Å². The molecule has 2 atom stereocenters. The third-order valence-electron chi connectivity index (χ3n) is 4.11. The monoisotopic (exact) mass is 244 g/mol. The summed E-state index contributed by atoms with van der Waals surface area (Å²) in [6.07, 6.45) is 2.69. The molecule has 1 saturated carbocycles. The highest BCUT2D eigenvalue weighted by atomic mass is 16.2. The molecule has 0 radical (unpaired) electrons.